The standard InChI is InChI=1S/C10H12N6O3/c1-6-7(4-11-15(6)3)12-10(17)9-8(16(18)19)5-14(2)13-9/h4-5H,1-3H3,(H,12,17). The number of carbonyl (C=O) groups excluding carboxylic acids is 1. The van der Waals surface area contributed by atoms with Crippen molar-refractivity contribution in [3.63, 3.8) is 0 Å². The van der Waals surface area contributed by atoms with Gasteiger partial charge in [-0.25, -0.2) is 0 Å². The van der Waals surface area contributed by atoms with E-state index >= 15 is 0 Å². The van der Waals surface area contributed by atoms with E-state index in [1.807, 2.05) is 0 Å². The van der Waals surface area contributed by atoms with Gasteiger partial charge in [-0.2, -0.15) is 10.2 Å². The largest absolute Gasteiger partial charge is 0.320 e. The normalized spacial score (nSPS) is 10.5. The first-order chi connectivity index (χ1) is 8.90. The first-order valence-electron chi connectivity index (χ1n) is 5.38. The summed E-state index contributed by atoms with van der Waals surface area (Å²) in [5.74, 6) is -0.636. The molecule has 1 N–H and O–H groups in total. The van der Waals surface area contributed by atoms with Gasteiger partial charge in [-0.05, 0) is 6.92 Å². The molecule has 2 heterocycles. The van der Waals surface area contributed by atoms with Gasteiger partial charge < -0.3 is 5.32 Å². The first kappa shape index (κ1) is 12.7. The van der Waals surface area contributed by atoms with Crippen molar-refractivity contribution in [2.75, 3.05) is 5.32 Å². The summed E-state index contributed by atoms with van der Waals surface area (Å²) in [6.07, 6.45) is 2.66. The van der Waals surface area contributed by atoms with E-state index in [1.165, 1.54) is 24.1 Å². The molecule has 0 aliphatic rings. The van der Waals surface area contributed by atoms with E-state index in [9.17, 15) is 14.9 Å². The van der Waals surface area contributed by atoms with E-state index in [2.05, 4.69) is 15.5 Å². The van der Waals surface area contributed by atoms with Crippen LogP contribution in [0, 0.1) is 17.0 Å². The molecule has 2 aromatic heterocycles. The second kappa shape index (κ2) is 4.52. The van der Waals surface area contributed by atoms with Crippen molar-refractivity contribution in [3.05, 3.63) is 33.9 Å². The molecule has 2 rings (SSSR count). The SMILES string of the molecule is Cc1c(NC(=O)c2nn(C)cc2[N+](=O)[O-])cnn1C. The van der Waals surface area contributed by atoms with Gasteiger partial charge in [0.15, 0.2) is 0 Å². The molecule has 19 heavy (non-hydrogen) atoms. The van der Waals surface area contributed by atoms with Crippen LogP contribution in [0.15, 0.2) is 12.4 Å². The van der Waals surface area contributed by atoms with Gasteiger partial charge in [-0.1, -0.05) is 0 Å². The van der Waals surface area contributed by atoms with Crippen LogP contribution in [0.2, 0.25) is 0 Å². The fraction of sp³-hybridized carbons (Fsp3) is 0.300. The third-order valence-electron chi connectivity index (χ3n) is 2.70. The summed E-state index contributed by atoms with van der Waals surface area (Å²) in [5, 5.41) is 21.1. The summed E-state index contributed by atoms with van der Waals surface area (Å²) in [6.45, 7) is 1.77. The first-order valence-corrected chi connectivity index (χ1v) is 5.38. The molecule has 0 saturated heterocycles. The van der Waals surface area contributed by atoms with E-state index in [0.717, 1.165) is 5.69 Å². The van der Waals surface area contributed by atoms with Crippen molar-refractivity contribution < 1.29 is 9.72 Å². The van der Waals surface area contributed by atoms with Crippen molar-refractivity contribution >= 4 is 17.3 Å². The zero-order valence-corrected chi connectivity index (χ0v) is 10.6. The number of rotatable bonds is 3. The van der Waals surface area contributed by atoms with Gasteiger partial charge in [0, 0.05) is 14.1 Å². The molecule has 0 unspecified atom stereocenters. The van der Waals surface area contributed by atoms with Gasteiger partial charge in [0.2, 0.25) is 5.69 Å². The zero-order valence-electron chi connectivity index (χ0n) is 10.6. The maximum Gasteiger partial charge on any atom is 0.320 e. The number of nitrogens with zero attached hydrogens (tertiary/aromatic N) is 5. The van der Waals surface area contributed by atoms with Crippen molar-refractivity contribution in [1.29, 1.82) is 0 Å². The Bertz CT molecular complexity index is 656. The van der Waals surface area contributed by atoms with E-state index < -0.39 is 10.8 Å². The molecular weight excluding hydrogens is 252 g/mol. The highest BCUT2D eigenvalue weighted by molar-refractivity contribution is 6.05. The molecule has 0 aliphatic carbocycles. The Morgan fingerprint density at radius 1 is 1.47 bits per heavy atom. The Balaban J connectivity index is 2.30. The van der Waals surface area contributed by atoms with Crippen LogP contribution in [-0.2, 0) is 14.1 Å². The van der Waals surface area contributed by atoms with E-state index in [0.29, 0.717) is 5.69 Å². The average molecular weight is 264 g/mol. The Morgan fingerprint density at radius 3 is 2.68 bits per heavy atom. The number of amides is 1. The second-order valence-electron chi connectivity index (χ2n) is 4.02. The highest BCUT2D eigenvalue weighted by Gasteiger charge is 2.25. The number of hydrogen-bond donors (Lipinski definition) is 1. The third kappa shape index (κ3) is 2.30. The molecule has 2 aromatic rings. The number of aromatic nitrogens is 4. The highest BCUT2D eigenvalue weighted by atomic mass is 16.6. The van der Waals surface area contributed by atoms with Crippen molar-refractivity contribution in [2.45, 2.75) is 6.92 Å². The van der Waals surface area contributed by atoms with E-state index in [1.54, 1.807) is 18.7 Å². The van der Waals surface area contributed by atoms with Crippen LogP contribution in [0.4, 0.5) is 11.4 Å². The van der Waals surface area contributed by atoms with Gasteiger partial charge >= 0.3 is 5.69 Å². The van der Waals surface area contributed by atoms with E-state index in [4.69, 9.17) is 0 Å². The van der Waals surface area contributed by atoms with Gasteiger partial charge in [0.05, 0.1) is 22.5 Å². The topological polar surface area (TPSA) is 108 Å². The Labute approximate surface area is 108 Å². The van der Waals surface area contributed by atoms with Gasteiger partial charge in [0.1, 0.15) is 6.20 Å². The summed E-state index contributed by atoms with van der Waals surface area (Å²) in [6, 6.07) is 0. The van der Waals surface area contributed by atoms with Gasteiger partial charge in [-0.3, -0.25) is 24.3 Å². The molecule has 9 nitrogen and oxygen atoms in total. The highest BCUT2D eigenvalue weighted by Crippen LogP contribution is 2.19. The molecule has 0 radical (unpaired) electrons. The summed E-state index contributed by atoms with van der Waals surface area (Å²) in [5.41, 5.74) is 0.677. The third-order valence-corrected chi connectivity index (χ3v) is 2.70. The number of aryl methyl sites for hydroxylation is 2. The summed E-state index contributed by atoms with van der Waals surface area (Å²) in [7, 11) is 3.24. The summed E-state index contributed by atoms with van der Waals surface area (Å²) >= 11 is 0. The van der Waals surface area contributed by atoms with Crippen LogP contribution in [0.25, 0.3) is 0 Å². The minimum absolute atomic E-state index is 0.226. The quantitative estimate of drug-likeness (QED) is 0.645. The van der Waals surface area contributed by atoms with E-state index in [-0.39, 0.29) is 11.4 Å². The lowest BCUT2D eigenvalue weighted by molar-refractivity contribution is -0.385. The molecule has 100 valence electrons. The monoisotopic (exact) mass is 264 g/mol. The Kier molecular flexibility index (Phi) is 3.03. The molecule has 0 saturated carbocycles. The number of nitro groups is 1. The minimum atomic E-state index is -0.641. The van der Waals surface area contributed by atoms with Crippen LogP contribution in [0.1, 0.15) is 16.2 Å². The Hall–Kier alpha value is -2.71. The lowest BCUT2D eigenvalue weighted by Crippen LogP contribution is -2.15. The van der Waals surface area contributed by atoms with Gasteiger partial charge in [0.25, 0.3) is 5.91 Å². The fourth-order valence-electron chi connectivity index (χ4n) is 1.57. The number of carbonyl (C=O) groups is 1. The molecule has 9 heteroatoms. The molecule has 0 atom stereocenters. The predicted molar refractivity (Wildman–Crippen MR) is 65.8 cm³/mol. The maximum atomic E-state index is 12.0. The molecule has 1 amide bonds. The Morgan fingerprint density at radius 2 is 2.16 bits per heavy atom. The van der Waals surface area contributed by atoms with Crippen LogP contribution in [0.3, 0.4) is 0 Å². The minimum Gasteiger partial charge on any atom is -0.317 e. The molecule has 0 bridgehead atoms. The van der Waals surface area contributed by atoms with Gasteiger partial charge in [-0.15, -0.1) is 0 Å². The molecule has 0 aliphatic heterocycles. The fourth-order valence-corrected chi connectivity index (χ4v) is 1.57. The molecular formula is C10H12N6O3. The lowest BCUT2D eigenvalue weighted by Gasteiger charge is -2.01. The van der Waals surface area contributed by atoms with Crippen LogP contribution >= 0.6 is 0 Å². The van der Waals surface area contributed by atoms with Crippen LogP contribution in [0.5, 0.6) is 0 Å². The summed E-state index contributed by atoms with van der Waals surface area (Å²) < 4.78 is 2.81. The predicted octanol–water partition coefficient (Wildman–Crippen LogP) is 0.623. The average Bonchev–Trinajstić information content (AvgIpc) is 2.87. The molecule has 0 fully saturated rings. The lowest BCUT2D eigenvalue weighted by atomic mass is 10.3. The zero-order chi connectivity index (χ0) is 14.2. The van der Waals surface area contributed by atoms with Crippen molar-refractivity contribution in [2.24, 2.45) is 14.1 Å². The molecule has 0 spiro atoms. The van der Waals surface area contributed by atoms with Crippen molar-refractivity contribution in [3.8, 4) is 0 Å². The number of nitrogens with one attached hydrogen (secondary N) is 1. The van der Waals surface area contributed by atoms with Crippen LogP contribution < -0.4 is 5.32 Å². The smallest absolute Gasteiger partial charge is 0.317 e. The van der Waals surface area contributed by atoms with Crippen molar-refractivity contribution in [1.82, 2.24) is 19.6 Å². The maximum absolute atomic E-state index is 12.0. The van der Waals surface area contributed by atoms with Crippen LogP contribution in [-0.4, -0.2) is 30.4 Å². The number of anilines is 1. The second-order valence-corrected chi connectivity index (χ2v) is 4.02. The summed E-state index contributed by atoms with van der Waals surface area (Å²) in [4.78, 5) is 22.2. The number of hydrogen-bond acceptors (Lipinski definition) is 5. The molecule has 0 aromatic carbocycles.